The van der Waals surface area contributed by atoms with Crippen LogP contribution in [-0.4, -0.2) is 19.4 Å². The number of rotatable bonds is 7. The molecule has 30 heavy (non-hydrogen) atoms. The van der Waals surface area contributed by atoms with E-state index in [4.69, 9.17) is 12.2 Å². The number of anilines is 2. The van der Waals surface area contributed by atoms with Crippen molar-refractivity contribution in [2.24, 2.45) is 5.92 Å². The summed E-state index contributed by atoms with van der Waals surface area (Å²) in [7, 11) is -3.68. The Hall–Kier alpha value is -2.45. The molecule has 0 bridgehead atoms. The molecule has 2 aromatic rings. The van der Waals surface area contributed by atoms with Crippen LogP contribution in [0.1, 0.15) is 44.9 Å². The number of benzene rings is 2. The molecule has 1 fully saturated rings. The van der Waals surface area contributed by atoms with Gasteiger partial charge in [-0.25, -0.2) is 8.42 Å². The molecule has 0 heterocycles. The van der Waals surface area contributed by atoms with Gasteiger partial charge in [-0.15, -0.1) is 0 Å². The van der Waals surface area contributed by atoms with Crippen molar-refractivity contribution in [2.45, 2.75) is 49.8 Å². The zero-order chi connectivity index (χ0) is 21.4. The van der Waals surface area contributed by atoms with E-state index in [2.05, 4.69) is 15.4 Å². The lowest BCUT2D eigenvalue weighted by Gasteiger charge is -2.21. The standard InChI is InChI=1S/C22H27N3O3S2/c26-21(16-11-17-7-3-1-4-8-17)24-22(29)23-18-12-14-20(15-13-18)30(27,28)25-19-9-5-2-6-10-19/h2,5-6,9-10,12-15,17,25H,1,3-4,7-8,11,16H2,(H2,23,24,26,29). The van der Waals surface area contributed by atoms with Gasteiger partial charge in [0.25, 0.3) is 10.0 Å². The Balaban J connectivity index is 1.48. The van der Waals surface area contributed by atoms with E-state index in [0.717, 1.165) is 6.42 Å². The number of carbonyl (C=O) groups is 1. The van der Waals surface area contributed by atoms with Crippen molar-refractivity contribution in [1.82, 2.24) is 5.32 Å². The van der Waals surface area contributed by atoms with Crippen molar-refractivity contribution >= 4 is 44.6 Å². The third-order valence-electron chi connectivity index (χ3n) is 5.21. The number of amides is 1. The van der Waals surface area contributed by atoms with E-state index < -0.39 is 10.0 Å². The van der Waals surface area contributed by atoms with Crippen molar-refractivity contribution in [1.29, 1.82) is 0 Å². The Kier molecular flexibility index (Phi) is 7.81. The maximum atomic E-state index is 12.5. The lowest BCUT2D eigenvalue weighted by Crippen LogP contribution is -2.34. The molecule has 0 unspecified atom stereocenters. The minimum Gasteiger partial charge on any atom is -0.332 e. The third kappa shape index (κ3) is 6.81. The van der Waals surface area contributed by atoms with Crippen LogP contribution in [0.15, 0.2) is 59.5 Å². The molecular weight excluding hydrogens is 418 g/mol. The van der Waals surface area contributed by atoms with Crippen molar-refractivity contribution < 1.29 is 13.2 Å². The van der Waals surface area contributed by atoms with E-state index in [0.29, 0.717) is 23.7 Å². The predicted octanol–water partition coefficient (Wildman–Crippen LogP) is 4.66. The smallest absolute Gasteiger partial charge is 0.261 e. The third-order valence-corrected chi connectivity index (χ3v) is 6.81. The first-order valence-electron chi connectivity index (χ1n) is 10.2. The Morgan fingerprint density at radius 3 is 2.27 bits per heavy atom. The molecule has 1 aliphatic carbocycles. The molecule has 2 aromatic carbocycles. The van der Waals surface area contributed by atoms with Gasteiger partial charge in [0, 0.05) is 17.8 Å². The second-order valence-electron chi connectivity index (χ2n) is 7.54. The summed E-state index contributed by atoms with van der Waals surface area (Å²) < 4.78 is 27.5. The van der Waals surface area contributed by atoms with Gasteiger partial charge in [0.2, 0.25) is 5.91 Å². The minimum absolute atomic E-state index is 0.0932. The Labute approximate surface area is 183 Å². The highest BCUT2D eigenvalue weighted by Crippen LogP contribution is 2.27. The van der Waals surface area contributed by atoms with Crippen LogP contribution in [0.4, 0.5) is 11.4 Å². The van der Waals surface area contributed by atoms with E-state index in [9.17, 15) is 13.2 Å². The van der Waals surface area contributed by atoms with Gasteiger partial charge in [-0.05, 0) is 61.0 Å². The summed E-state index contributed by atoms with van der Waals surface area (Å²) >= 11 is 5.20. The number of carbonyl (C=O) groups excluding carboxylic acids is 1. The first kappa shape index (κ1) is 22.2. The predicted molar refractivity (Wildman–Crippen MR) is 124 cm³/mol. The lowest BCUT2D eigenvalue weighted by atomic mass is 9.86. The van der Waals surface area contributed by atoms with Crippen molar-refractivity contribution in [3.63, 3.8) is 0 Å². The summed E-state index contributed by atoms with van der Waals surface area (Å²) in [4.78, 5) is 12.3. The highest BCUT2D eigenvalue weighted by Gasteiger charge is 2.16. The number of hydrogen-bond donors (Lipinski definition) is 3. The second kappa shape index (κ2) is 10.5. The average molecular weight is 446 g/mol. The molecule has 0 atom stereocenters. The van der Waals surface area contributed by atoms with Gasteiger partial charge in [0.05, 0.1) is 4.90 Å². The summed E-state index contributed by atoms with van der Waals surface area (Å²) in [5.74, 6) is 0.550. The van der Waals surface area contributed by atoms with E-state index in [1.807, 2.05) is 6.07 Å². The highest BCUT2D eigenvalue weighted by molar-refractivity contribution is 7.92. The van der Waals surface area contributed by atoms with Crippen LogP contribution in [0.2, 0.25) is 0 Å². The van der Waals surface area contributed by atoms with Gasteiger partial charge in [-0.3, -0.25) is 9.52 Å². The number of hydrogen-bond acceptors (Lipinski definition) is 4. The molecule has 160 valence electrons. The minimum atomic E-state index is -3.68. The first-order valence-corrected chi connectivity index (χ1v) is 12.1. The zero-order valence-electron chi connectivity index (χ0n) is 16.8. The fraction of sp³-hybridized carbons (Fsp3) is 0.364. The maximum Gasteiger partial charge on any atom is 0.261 e. The topological polar surface area (TPSA) is 87.3 Å². The van der Waals surface area contributed by atoms with Gasteiger partial charge < -0.3 is 10.6 Å². The highest BCUT2D eigenvalue weighted by atomic mass is 32.2. The van der Waals surface area contributed by atoms with Crippen LogP contribution in [0.25, 0.3) is 0 Å². The van der Waals surface area contributed by atoms with Crippen LogP contribution in [0.5, 0.6) is 0 Å². The molecule has 0 aliphatic heterocycles. The summed E-state index contributed by atoms with van der Waals surface area (Å²) in [6.45, 7) is 0. The molecule has 1 aliphatic rings. The molecule has 0 radical (unpaired) electrons. The molecule has 0 aromatic heterocycles. The molecule has 8 heteroatoms. The van der Waals surface area contributed by atoms with Gasteiger partial charge in [0.1, 0.15) is 0 Å². The molecule has 6 nitrogen and oxygen atoms in total. The number of thiocarbonyl (C=S) groups is 1. The van der Waals surface area contributed by atoms with E-state index in [-0.39, 0.29) is 15.9 Å². The van der Waals surface area contributed by atoms with Gasteiger partial charge in [-0.2, -0.15) is 0 Å². The largest absolute Gasteiger partial charge is 0.332 e. The normalized spacial score (nSPS) is 14.7. The van der Waals surface area contributed by atoms with Crippen LogP contribution in [0, 0.1) is 5.92 Å². The Bertz CT molecular complexity index is 955. The Morgan fingerprint density at radius 1 is 0.933 bits per heavy atom. The second-order valence-corrected chi connectivity index (χ2v) is 9.63. The van der Waals surface area contributed by atoms with Crippen LogP contribution < -0.4 is 15.4 Å². The summed E-state index contributed by atoms with van der Waals surface area (Å²) in [5.41, 5.74) is 1.10. The Morgan fingerprint density at radius 2 is 1.60 bits per heavy atom. The van der Waals surface area contributed by atoms with Crippen LogP contribution >= 0.6 is 12.2 Å². The van der Waals surface area contributed by atoms with Crippen LogP contribution in [0.3, 0.4) is 0 Å². The quantitative estimate of drug-likeness (QED) is 0.540. The fourth-order valence-electron chi connectivity index (χ4n) is 3.60. The monoisotopic (exact) mass is 445 g/mol. The average Bonchev–Trinajstić information content (AvgIpc) is 2.74. The molecule has 1 saturated carbocycles. The van der Waals surface area contributed by atoms with E-state index in [1.165, 1.54) is 44.2 Å². The van der Waals surface area contributed by atoms with E-state index in [1.54, 1.807) is 36.4 Å². The molecule has 0 spiro atoms. The number of nitrogens with one attached hydrogen (secondary N) is 3. The van der Waals surface area contributed by atoms with Gasteiger partial charge in [-0.1, -0.05) is 50.3 Å². The molecule has 3 rings (SSSR count). The van der Waals surface area contributed by atoms with Gasteiger partial charge in [0.15, 0.2) is 5.11 Å². The summed E-state index contributed by atoms with van der Waals surface area (Å²) in [5, 5.41) is 5.83. The summed E-state index contributed by atoms with van der Waals surface area (Å²) in [6.07, 6.45) is 7.62. The van der Waals surface area contributed by atoms with Crippen LogP contribution in [-0.2, 0) is 14.8 Å². The molecule has 1 amide bonds. The molecule has 3 N–H and O–H groups in total. The maximum absolute atomic E-state index is 12.5. The van der Waals surface area contributed by atoms with Crippen molar-refractivity contribution in [3.05, 3.63) is 54.6 Å². The lowest BCUT2D eigenvalue weighted by molar-refractivity contribution is -0.120. The van der Waals surface area contributed by atoms with E-state index >= 15 is 0 Å². The summed E-state index contributed by atoms with van der Waals surface area (Å²) in [6, 6.07) is 14.9. The number of para-hydroxylation sites is 1. The van der Waals surface area contributed by atoms with Gasteiger partial charge >= 0.3 is 0 Å². The first-order chi connectivity index (χ1) is 14.4. The number of sulfonamides is 1. The van der Waals surface area contributed by atoms with Crippen molar-refractivity contribution in [3.8, 4) is 0 Å². The molecule has 0 saturated heterocycles. The fourth-order valence-corrected chi connectivity index (χ4v) is 4.89. The zero-order valence-corrected chi connectivity index (χ0v) is 18.4. The SMILES string of the molecule is O=C(CCC1CCCCC1)NC(=S)Nc1ccc(S(=O)(=O)Nc2ccccc2)cc1. The molecular formula is C22H27N3O3S2. The van der Waals surface area contributed by atoms with Crippen molar-refractivity contribution in [2.75, 3.05) is 10.0 Å².